The highest BCUT2D eigenvalue weighted by atomic mass is 32.1. The number of hydrogen-bond acceptors (Lipinski definition) is 2. The van der Waals surface area contributed by atoms with Gasteiger partial charge in [-0.25, -0.2) is 0 Å². The second-order valence-corrected chi connectivity index (χ2v) is 4.44. The number of rotatable bonds is 2. The molecule has 0 saturated carbocycles. The van der Waals surface area contributed by atoms with Crippen LogP contribution < -0.4 is 5.32 Å². The number of hydrogen-bond donors (Lipinski definition) is 1. The molecule has 0 aromatic carbocycles. The summed E-state index contributed by atoms with van der Waals surface area (Å²) in [6, 6.07) is 0.408. The highest BCUT2D eigenvalue weighted by Crippen LogP contribution is 2.12. The maximum absolute atomic E-state index is 5.35. The molecule has 1 rings (SSSR count). The lowest BCUT2D eigenvalue weighted by atomic mass is 10.1. The van der Waals surface area contributed by atoms with Crippen molar-refractivity contribution in [3.63, 3.8) is 0 Å². The number of thiocarbonyl (C=S) groups is 1. The van der Waals surface area contributed by atoms with Gasteiger partial charge in [-0.1, -0.05) is 0 Å². The summed E-state index contributed by atoms with van der Waals surface area (Å²) in [5.41, 5.74) is 0. The van der Waals surface area contributed by atoms with E-state index in [0.29, 0.717) is 12.1 Å². The summed E-state index contributed by atoms with van der Waals surface area (Å²) >= 11 is 5.31. The van der Waals surface area contributed by atoms with E-state index in [1.165, 1.54) is 6.42 Å². The predicted molar refractivity (Wildman–Crippen MR) is 62.5 cm³/mol. The number of piperidine rings is 1. The van der Waals surface area contributed by atoms with E-state index < -0.39 is 0 Å². The molecular weight excluding hydrogens is 196 g/mol. The molecule has 14 heavy (non-hydrogen) atoms. The number of ether oxygens (including phenoxy) is 1. The van der Waals surface area contributed by atoms with E-state index in [1.54, 1.807) is 7.11 Å². The molecule has 0 radical (unpaired) electrons. The van der Waals surface area contributed by atoms with Crippen molar-refractivity contribution in [2.24, 2.45) is 0 Å². The summed E-state index contributed by atoms with van der Waals surface area (Å²) in [7, 11) is 1.77. The molecule has 0 bridgehead atoms. The summed E-state index contributed by atoms with van der Waals surface area (Å²) in [5.74, 6) is 0. The van der Waals surface area contributed by atoms with Gasteiger partial charge in [0, 0.05) is 26.2 Å². The quantitative estimate of drug-likeness (QED) is 0.705. The van der Waals surface area contributed by atoms with Gasteiger partial charge in [-0.15, -0.1) is 0 Å². The standard InChI is InChI=1S/C10H20N2OS/c1-8(2)11-10(14)12-6-4-5-9(7-12)13-3/h8-9H,4-7H2,1-3H3,(H,11,14). The Morgan fingerprint density at radius 1 is 1.57 bits per heavy atom. The van der Waals surface area contributed by atoms with Gasteiger partial charge in [-0.05, 0) is 38.9 Å². The summed E-state index contributed by atoms with van der Waals surface area (Å²) in [6.07, 6.45) is 2.66. The van der Waals surface area contributed by atoms with Crippen LogP contribution in [0.2, 0.25) is 0 Å². The molecule has 1 saturated heterocycles. The first-order valence-electron chi connectivity index (χ1n) is 5.21. The fourth-order valence-electron chi connectivity index (χ4n) is 1.65. The fraction of sp³-hybridized carbons (Fsp3) is 0.900. The molecule has 4 heteroatoms. The lowest BCUT2D eigenvalue weighted by molar-refractivity contribution is 0.0533. The Hall–Kier alpha value is -0.350. The lowest BCUT2D eigenvalue weighted by Gasteiger charge is -2.34. The van der Waals surface area contributed by atoms with Crippen LogP contribution in [0, 0.1) is 0 Å². The Kier molecular flexibility index (Phi) is 4.62. The first-order chi connectivity index (χ1) is 6.63. The molecule has 1 aliphatic rings. The molecule has 1 N–H and O–H groups in total. The van der Waals surface area contributed by atoms with Gasteiger partial charge in [0.25, 0.3) is 0 Å². The molecular formula is C10H20N2OS. The van der Waals surface area contributed by atoms with Crippen molar-refractivity contribution in [2.45, 2.75) is 38.8 Å². The van der Waals surface area contributed by atoms with Crippen molar-refractivity contribution in [1.82, 2.24) is 10.2 Å². The van der Waals surface area contributed by atoms with Crippen LogP contribution in [0.5, 0.6) is 0 Å². The molecule has 0 aromatic rings. The minimum atomic E-state index is 0.343. The zero-order valence-electron chi connectivity index (χ0n) is 9.25. The van der Waals surface area contributed by atoms with Gasteiger partial charge >= 0.3 is 0 Å². The smallest absolute Gasteiger partial charge is 0.169 e. The Balaban J connectivity index is 2.39. The van der Waals surface area contributed by atoms with Crippen molar-refractivity contribution in [1.29, 1.82) is 0 Å². The Labute approximate surface area is 91.8 Å². The second kappa shape index (κ2) is 5.51. The van der Waals surface area contributed by atoms with E-state index in [0.717, 1.165) is 24.6 Å². The Morgan fingerprint density at radius 3 is 2.86 bits per heavy atom. The van der Waals surface area contributed by atoms with Crippen molar-refractivity contribution in [3.05, 3.63) is 0 Å². The Morgan fingerprint density at radius 2 is 2.29 bits per heavy atom. The number of likely N-dealkylation sites (tertiary alicyclic amines) is 1. The van der Waals surface area contributed by atoms with Crippen LogP contribution in [-0.2, 0) is 4.74 Å². The molecule has 1 aliphatic heterocycles. The van der Waals surface area contributed by atoms with Crippen LogP contribution in [0.25, 0.3) is 0 Å². The number of methoxy groups -OCH3 is 1. The van der Waals surface area contributed by atoms with Gasteiger partial charge in [-0.2, -0.15) is 0 Å². The third kappa shape index (κ3) is 3.42. The van der Waals surface area contributed by atoms with E-state index >= 15 is 0 Å². The van der Waals surface area contributed by atoms with E-state index in [1.807, 2.05) is 0 Å². The minimum Gasteiger partial charge on any atom is -0.380 e. The molecule has 1 heterocycles. The minimum absolute atomic E-state index is 0.343. The number of nitrogens with one attached hydrogen (secondary N) is 1. The van der Waals surface area contributed by atoms with Crippen molar-refractivity contribution < 1.29 is 4.74 Å². The summed E-state index contributed by atoms with van der Waals surface area (Å²) in [6.45, 7) is 6.18. The third-order valence-electron chi connectivity index (χ3n) is 2.41. The van der Waals surface area contributed by atoms with Crippen LogP contribution in [0.1, 0.15) is 26.7 Å². The SMILES string of the molecule is COC1CCCN(C(=S)NC(C)C)C1. The van der Waals surface area contributed by atoms with Gasteiger partial charge in [-0.3, -0.25) is 0 Å². The normalized spacial score (nSPS) is 22.6. The largest absolute Gasteiger partial charge is 0.380 e. The van der Waals surface area contributed by atoms with Crippen LogP contribution in [0.15, 0.2) is 0 Å². The average Bonchev–Trinajstić information content (AvgIpc) is 2.17. The topological polar surface area (TPSA) is 24.5 Å². The summed E-state index contributed by atoms with van der Waals surface area (Å²) in [5, 5.41) is 4.12. The number of nitrogens with zero attached hydrogens (tertiary/aromatic N) is 1. The van der Waals surface area contributed by atoms with Gasteiger partial charge in [0.1, 0.15) is 0 Å². The third-order valence-corrected chi connectivity index (χ3v) is 2.79. The molecule has 1 atom stereocenters. The van der Waals surface area contributed by atoms with Crippen LogP contribution >= 0.6 is 12.2 Å². The van der Waals surface area contributed by atoms with Gasteiger partial charge in [0.15, 0.2) is 5.11 Å². The summed E-state index contributed by atoms with van der Waals surface area (Å²) in [4.78, 5) is 2.20. The zero-order chi connectivity index (χ0) is 10.6. The Bertz CT molecular complexity index is 197. The average molecular weight is 216 g/mol. The maximum atomic E-state index is 5.35. The molecule has 1 fully saturated rings. The monoisotopic (exact) mass is 216 g/mol. The van der Waals surface area contributed by atoms with Crippen LogP contribution in [0.4, 0.5) is 0 Å². The molecule has 0 spiro atoms. The molecule has 0 amide bonds. The zero-order valence-corrected chi connectivity index (χ0v) is 10.1. The fourth-order valence-corrected chi connectivity index (χ4v) is 2.05. The highest BCUT2D eigenvalue weighted by molar-refractivity contribution is 7.80. The van der Waals surface area contributed by atoms with E-state index in [9.17, 15) is 0 Å². The van der Waals surface area contributed by atoms with Gasteiger partial charge in [0.2, 0.25) is 0 Å². The predicted octanol–water partition coefficient (Wildman–Crippen LogP) is 1.38. The molecule has 1 unspecified atom stereocenters. The van der Waals surface area contributed by atoms with E-state index in [2.05, 4.69) is 24.1 Å². The first-order valence-corrected chi connectivity index (χ1v) is 5.62. The first kappa shape index (κ1) is 11.7. The molecule has 3 nitrogen and oxygen atoms in total. The van der Waals surface area contributed by atoms with Crippen molar-refractivity contribution >= 4 is 17.3 Å². The van der Waals surface area contributed by atoms with Crippen LogP contribution in [0.3, 0.4) is 0 Å². The molecule has 0 aromatic heterocycles. The van der Waals surface area contributed by atoms with Gasteiger partial charge < -0.3 is 15.0 Å². The highest BCUT2D eigenvalue weighted by Gasteiger charge is 2.21. The molecule has 82 valence electrons. The molecule has 0 aliphatic carbocycles. The van der Waals surface area contributed by atoms with E-state index in [4.69, 9.17) is 17.0 Å². The van der Waals surface area contributed by atoms with Crippen LogP contribution in [-0.4, -0.2) is 42.4 Å². The van der Waals surface area contributed by atoms with E-state index in [-0.39, 0.29) is 0 Å². The summed E-state index contributed by atoms with van der Waals surface area (Å²) < 4.78 is 5.35. The maximum Gasteiger partial charge on any atom is 0.169 e. The van der Waals surface area contributed by atoms with Crippen molar-refractivity contribution in [3.8, 4) is 0 Å². The lowest BCUT2D eigenvalue weighted by Crippen LogP contribution is -2.49. The van der Waals surface area contributed by atoms with Gasteiger partial charge in [0.05, 0.1) is 6.10 Å². The van der Waals surface area contributed by atoms with Crippen molar-refractivity contribution in [2.75, 3.05) is 20.2 Å². The second-order valence-electron chi connectivity index (χ2n) is 4.05.